The third kappa shape index (κ3) is 1.70. The van der Waals surface area contributed by atoms with Crippen molar-refractivity contribution in [3.63, 3.8) is 0 Å². The van der Waals surface area contributed by atoms with Crippen molar-refractivity contribution in [2.24, 2.45) is 5.41 Å². The molecular formula is C13H14N4O. The maximum atomic E-state index is 12.3. The van der Waals surface area contributed by atoms with Gasteiger partial charge in [0.25, 0.3) is 5.56 Å². The predicted molar refractivity (Wildman–Crippen MR) is 66.1 cm³/mol. The van der Waals surface area contributed by atoms with Crippen molar-refractivity contribution in [1.82, 2.24) is 14.2 Å². The molecule has 2 aromatic rings. The number of aromatic nitrogens is 3. The number of rotatable bonds is 3. The van der Waals surface area contributed by atoms with Crippen molar-refractivity contribution in [1.29, 1.82) is 5.26 Å². The molecule has 1 saturated carbocycles. The van der Waals surface area contributed by atoms with E-state index in [2.05, 4.69) is 11.2 Å². The zero-order chi connectivity index (χ0) is 12.8. The molecule has 0 atom stereocenters. The molecule has 5 nitrogen and oxygen atoms in total. The lowest BCUT2D eigenvalue weighted by Gasteiger charge is -2.13. The predicted octanol–water partition coefficient (Wildman–Crippen LogP) is 1.50. The van der Waals surface area contributed by atoms with E-state index in [4.69, 9.17) is 5.26 Å². The molecule has 2 aromatic heterocycles. The van der Waals surface area contributed by atoms with Crippen LogP contribution in [0.4, 0.5) is 0 Å². The number of aryl methyl sites for hydroxylation is 1. The fourth-order valence-electron chi connectivity index (χ4n) is 2.37. The molecule has 0 saturated heterocycles. The van der Waals surface area contributed by atoms with Gasteiger partial charge in [0, 0.05) is 30.8 Å². The molecule has 1 aliphatic carbocycles. The third-order valence-electron chi connectivity index (χ3n) is 3.64. The monoisotopic (exact) mass is 242 g/mol. The molecule has 1 aliphatic rings. The summed E-state index contributed by atoms with van der Waals surface area (Å²) in [5.41, 5.74) is 1.44. The van der Waals surface area contributed by atoms with E-state index in [-0.39, 0.29) is 11.0 Å². The normalized spacial score (nSPS) is 16.7. The fraction of sp³-hybridized carbons (Fsp3) is 0.462. The maximum Gasteiger partial charge on any atom is 0.276 e. The summed E-state index contributed by atoms with van der Waals surface area (Å²) in [7, 11) is 0. The summed E-state index contributed by atoms with van der Waals surface area (Å²) in [5, 5.41) is 13.0. The van der Waals surface area contributed by atoms with Gasteiger partial charge in [-0.1, -0.05) is 0 Å². The van der Waals surface area contributed by atoms with E-state index in [0.29, 0.717) is 18.5 Å². The van der Waals surface area contributed by atoms with E-state index in [9.17, 15) is 4.79 Å². The molecule has 3 rings (SSSR count). The van der Waals surface area contributed by atoms with Crippen molar-refractivity contribution >= 4 is 5.52 Å². The molecule has 0 spiro atoms. The van der Waals surface area contributed by atoms with Gasteiger partial charge in [-0.2, -0.15) is 10.4 Å². The highest BCUT2D eigenvalue weighted by molar-refractivity contribution is 5.44. The minimum Gasteiger partial charge on any atom is -0.312 e. The molecular weight excluding hydrogens is 228 g/mol. The molecule has 18 heavy (non-hydrogen) atoms. The summed E-state index contributed by atoms with van der Waals surface area (Å²) in [6.07, 6.45) is 6.17. The summed E-state index contributed by atoms with van der Waals surface area (Å²) in [5.74, 6) is 0. The lowest BCUT2D eigenvalue weighted by molar-refractivity contribution is 0.423. The molecule has 0 unspecified atom stereocenters. The number of hydrogen-bond donors (Lipinski definition) is 0. The van der Waals surface area contributed by atoms with Crippen LogP contribution in [0.5, 0.6) is 0 Å². The Morgan fingerprint density at radius 3 is 2.94 bits per heavy atom. The van der Waals surface area contributed by atoms with Crippen LogP contribution in [0.2, 0.25) is 0 Å². The number of fused-ring (bicyclic) bond motifs is 1. The molecule has 92 valence electrons. The van der Waals surface area contributed by atoms with E-state index < -0.39 is 0 Å². The highest BCUT2D eigenvalue weighted by atomic mass is 16.1. The Kier molecular flexibility index (Phi) is 2.27. The molecule has 5 heteroatoms. The highest BCUT2D eigenvalue weighted by Gasteiger charge is 2.42. The first-order chi connectivity index (χ1) is 8.63. The molecule has 0 bridgehead atoms. The zero-order valence-electron chi connectivity index (χ0n) is 10.3. The van der Waals surface area contributed by atoms with Crippen molar-refractivity contribution in [2.45, 2.75) is 32.7 Å². The van der Waals surface area contributed by atoms with E-state index in [0.717, 1.165) is 18.5 Å². The standard InChI is InChI=1S/C13H14N4O/c1-10-8-11-12(18)16(6-7-17(11)15-10)9-13(2-3-13)4-5-14/h6-8H,2-4,9H2,1H3. The highest BCUT2D eigenvalue weighted by Crippen LogP contribution is 2.49. The second-order valence-electron chi connectivity index (χ2n) is 5.18. The fourth-order valence-corrected chi connectivity index (χ4v) is 2.37. The smallest absolute Gasteiger partial charge is 0.276 e. The van der Waals surface area contributed by atoms with Gasteiger partial charge in [-0.25, -0.2) is 4.52 Å². The minimum atomic E-state index is -0.0256. The van der Waals surface area contributed by atoms with Crippen LogP contribution in [0.15, 0.2) is 23.3 Å². The average molecular weight is 242 g/mol. The molecule has 2 heterocycles. The van der Waals surface area contributed by atoms with Gasteiger partial charge in [0.1, 0.15) is 5.52 Å². The van der Waals surface area contributed by atoms with Crippen LogP contribution >= 0.6 is 0 Å². The van der Waals surface area contributed by atoms with Gasteiger partial charge in [-0.3, -0.25) is 4.79 Å². The van der Waals surface area contributed by atoms with Gasteiger partial charge >= 0.3 is 0 Å². The Labute approximate surface area is 104 Å². The van der Waals surface area contributed by atoms with Gasteiger partial charge in [-0.15, -0.1) is 0 Å². The Bertz CT molecular complexity index is 700. The van der Waals surface area contributed by atoms with E-state index >= 15 is 0 Å². The lowest BCUT2D eigenvalue weighted by Crippen LogP contribution is -2.25. The molecule has 1 fully saturated rings. The largest absolute Gasteiger partial charge is 0.312 e. The molecule has 0 amide bonds. The summed E-state index contributed by atoms with van der Waals surface area (Å²) in [6, 6.07) is 4.01. The van der Waals surface area contributed by atoms with Crippen LogP contribution in [0, 0.1) is 23.7 Å². The van der Waals surface area contributed by atoms with Gasteiger partial charge in [0.05, 0.1) is 11.8 Å². The minimum absolute atomic E-state index is 0.0256. The average Bonchev–Trinajstić information content (AvgIpc) is 2.97. The van der Waals surface area contributed by atoms with Crippen molar-refractivity contribution in [2.75, 3.05) is 0 Å². The van der Waals surface area contributed by atoms with Crippen molar-refractivity contribution in [3.05, 3.63) is 34.5 Å². The summed E-state index contributed by atoms with van der Waals surface area (Å²) in [4.78, 5) is 12.3. The summed E-state index contributed by atoms with van der Waals surface area (Å²) in [6.45, 7) is 2.51. The maximum absolute atomic E-state index is 12.3. The van der Waals surface area contributed by atoms with E-state index in [1.165, 1.54) is 0 Å². The van der Waals surface area contributed by atoms with Gasteiger partial charge < -0.3 is 4.57 Å². The number of nitriles is 1. The zero-order valence-corrected chi connectivity index (χ0v) is 10.3. The first-order valence-corrected chi connectivity index (χ1v) is 6.06. The first-order valence-electron chi connectivity index (χ1n) is 6.06. The Hall–Kier alpha value is -2.09. The lowest BCUT2D eigenvalue weighted by atomic mass is 10.0. The van der Waals surface area contributed by atoms with Crippen LogP contribution in [0.25, 0.3) is 5.52 Å². The Morgan fingerprint density at radius 2 is 2.28 bits per heavy atom. The van der Waals surface area contributed by atoms with Crippen LogP contribution in [-0.4, -0.2) is 14.2 Å². The molecule has 0 aliphatic heterocycles. The Morgan fingerprint density at radius 1 is 1.50 bits per heavy atom. The Balaban J connectivity index is 2.01. The molecule has 0 N–H and O–H groups in total. The van der Waals surface area contributed by atoms with Crippen molar-refractivity contribution < 1.29 is 0 Å². The van der Waals surface area contributed by atoms with Crippen LogP contribution in [-0.2, 0) is 6.54 Å². The van der Waals surface area contributed by atoms with Crippen molar-refractivity contribution in [3.8, 4) is 6.07 Å². The van der Waals surface area contributed by atoms with E-state index in [1.807, 2.05) is 6.92 Å². The van der Waals surface area contributed by atoms with Gasteiger partial charge in [0.15, 0.2) is 0 Å². The second kappa shape index (κ2) is 3.70. The van der Waals surface area contributed by atoms with Gasteiger partial charge in [0.2, 0.25) is 0 Å². The molecule has 0 aromatic carbocycles. The quantitative estimate of drug-likeness (QED) is 0.819. The third-order valence-corrected chi connectivity index (χ3v) is 3.64. The topological polar surface area (TPSA) is 63.1 Å². The summed E-state index contributed by atoms with van der Waals surface area (Å²) < 4.78 is 3.32. The van der Waals surface area contributed by atoms with Crippen LogP contribution < -0.4 is 5.56 Å². The van der Waals surface area contributed by atoms with Crippen LogP contribution in [0.1, 0.15) is 25.0 Å². The second-order valence-corrected chi connectivity index (χ2v) is 5.18. The van der Waals surface area contributed by atoms with E-state index in [1.54, 1.807) is 27.5 Å². The number of hydrogen-bond acceptors (Lipinski definition) is 3. The molecule has 0 radical (unpaired) electrons. The van der Waals surface area contributed by atoms with Crippen LogP contribution in [0.3, 0.4) is 0 Å². The summed E-state index contributed by atoms with van der Waals surface area (Å²) >= 11 is 0. The SMILES string of the molecule is Cc1cc2c(=O)n(CC3(CC#N)CC3)ccn2n1. The first kappa shape index (κ1) is 11.0. The van der Waals surface area contributed by atoms with Gasteiger partial charge in [-0.05, 0) is 25.8 Å². The number of nitrogens with zero attached hydrogens (tertiary/aromatic N) is 4.